The van der Waals surface area contributed by atoms with Gasteiger partial charge in [-0.3, -0.25) is 9.36 Å². The number of benzene rings is 3. The summed E-state index contributed by atoms with van der Waals surface area (Å²) < 4.78 is 1.81. The van der Waals surface area contributed by atoms with E-state index in [0.29, 0.717) is 22.8 Å². The molecule has 5 nitrogen and oxygen atoms in total. The molecule has 1 unspecified atom stereocenters. The summed E-state index contributed by atoms with van der Waals surface area (Å²) in [5.74, 6) is 0.317. The van der Waals surface area contributed by atoms with Crippen LogP contribution in [0.3, 0.4) is 0 Å². The summed E-state index contributed by atoms with van der Waals surface area (Å²) >= 11 is 0. The maximum Gasteiger partial charge on any atom is 0.211 e. The van der Waals surface area contributed by atoms with Gasteiger partial charge in [-0.1, -0.05) is 72.8 Å². The summed E-state index contributed by atoms with van der Waals surface area (Å²) in [5.41, 5.74) is 1.68. The van der Waals surface area contributed by atoms with Crippen LogP contribution in [0.5, 0.6) is 0 Å². The van der Waals surface area contributed by atoms with Gasteiger partial charge in [0.1, 0.15) is 0 Å². The Morgan fingerprint density at radius 2 is 1.57 bits per heavy atom. The van der Waals surface area contributed by atoms with Crippen LogP contribution in [0.2, 0.25) is 0 Å². The molecular formula is C23H17N3O2. The van der Waals surface area contributed by atoms with Gasteiger partial charge < -0.3 is 10.4 Å². The first-order valence-electron chi connectivity index (χ1n) is 9.02. The number of nitrogens with zero attached hydrogens (tertiary/aromatic N) is 2. The van der Waals surface area contributed by atoms with Crippen LogP contribution < -0.4 is 5.32 Å². The normalized spacial score (nSPS) is 19.5. The van der Waals surface area contributed by atoms with Gasteiger partial charge in [-0.2, -0.15) is 0 Å². The Kier molecular flexibility index (Phi) is 3.64. The van der Waals surface area contributed by atoms with E-state index in [9.17, 15) is 9.90 Å². The molecule has 0 bridgehead atoms. The van der Waals surface area contributed by atoms with Crippen LogP contribution in [-0.4, -0.2) is 20.4 Å². The second-order valence-electron chi connectivity index (χ2n) is 6.72. The van der Waals surface area contributed by atoms with Gasteiger partial charge in [0.25, 0.3) is 0 Å². The molecule has 0 fully saturated rings. The van der Waals surface area contributed by atoms with E-state index in [1.807, 2.05) is 77.4 Å². The summed E-state index contributed by atoms with van der Waals surface area (Å²) in [7, 11) is 0. The maximum atomic E-state index is 12.9. The number of rotatable bonds is 3. The van der Waals surface area contributed by atoms with E-state index in [2.05, 4.69) is 10.3 Å². The van der Waals surface area contributed by atoms with Gasteiger partial charge >= 0.3 is 0 Å². The predicted octanol–water partition coefficient (Wildman–Crippen LogP) is 4.03. The maximum absolute atomic E-state index is 12.9. The lowest BCUT2D eigenvalue weighted by atomic mass is 9.98. The van der Waals surface area contributed by atoms with E-state index in [4.69, 9.17) is 0 Å². The van der Waals surface area contributed by atoms with Gasteiger partial charge in [0.15, 0.2) is 5.78 Å². The Hall–Kier alpha value is -3.70. The quantitative estimate of drug-likeness (QED) is 0.424. The second-order valence-corrected chi connectivity index (χ2v) is 6.72. The minimum atomic E-state index is -1.56. The smallest absolute Gasteiger partial charge is 0.211 e. The average Bonchev–Trinajstić information content (AvgIpc) is 3.23. The van der Waals surface area contributed by atoms with E-state index in [-0.39, 0.29) is 5.78 Å². The molecule has 0 saturated carbocycles. The van der Waals surface area contributed by atoms with Crippen LogP contribution >= 0.6 is 0 Å². The van der Waals surface area contributed by atoms with Crippen LogP contribution in [-0.2, 0) is 5.72 Å². The van der Waals surface area contributed by atoms with Crippen molar-refractivity contribution >= 4 is 28.5 Å². The Labute approximate surface area is 161 Å². The summed E-state index contributed by atoms with van der Waals surface area (Å²) in [5, 5.41) is 14.7. The summed E-state index contributed by atoms with van der Waals surface area (Å²) in [4.78, 5) is 17.5. The van der Waals surface area contributed by atoms with Crippen LogP contribution in [0.4, 0.5) is 5.95 Å². The highest BCUT2D eigenvalue weighted by Crippen LogP contribution is 2.43. The van der Waals surface area contributed by atoms with Gasteiger partial charge in [-0.25, -0.2) is 4.98 Å². The number of hydrogen-bond donors (Lipinski definition) is 2. The lowest BCUT2D eigenvalue weighted by Crippen LogP contribution is -2.33. The molecule has 1 aliphatic rings. The zero-order valence-electron chi connectivity index (χ0n) is 14.9. The number of aromatic nitrogens is 2. The Morgan fingerprint density at radius 1 is 0.929 bits per heavy atom. The number of ketones is 1. The lowest BCUT2D eigenvalue weighted by molar-refractivity contribution is 0.103. The summed E-state index contributed by atoms with van der Waals surface area (Å²) in [6.45, 7) is 0. The first-order chi connectivity index (χ1) is 13.7. The van der Waals surface area contributed by atoms with E-state index in [1.54, 1.807) is 12.1 Å². The Balaban J connectivity index is 1.73. The molecule has 5 rings (SSSR count). The molecule has 1 aliphatic heterocycles. The van der Waals surface area contributed by atoms with Crippen molar-refractivity contribution < 1.29 is 9.90 Å². The number of carbonyl (C=O) groups excluding carboxylic acids is 1. The van der Waals surface area contributed by atoms with Crippen molar-refractivity contribution in [3.8, 4) is 0 Å². The fraction of sp³-hybridized carbons (Fsp3) is 0.0435. The highest BCUT2D eigenvalue weighted by Gasteiger charge is 2.44. The van der Waals surface area contributed by atoms with Crippen molar-refractivity contribution in [3.63, 3.8) is 0 Å². The molecule has 136 valence electrons. The third-order valence-electron chi connectivity index (χ3n) is 4.98. The fourth-order valence-electron chi connectivity index (χ4n) is 3.62. The van der Waals surface area contributed by atoms with Crippen molar-refractivity contribution in [1.29, 1.82) is 0 Å². The molecule has 0 spiro atoms. The van der Waals surface area contributed by atoms with Crippen molar-refractivity contribution in [3.05, 3.63) is 102 Å². The lowest BCUT2D eigenvalue weighted by Gasteiger charge is -2.25. The molecule has 5 heteroatoms. The van der Waals surface area contributed by atoms with Crippen molar-refractivity contribution in [2.24, 2.45) is 0 Å². The molecule has 0 radical (unpaired) electrons. The molecule has 28 heavy (non-hydrogen) atoms. The predicted molar refractivity (Wildman–Crippen MR) is 109 cm³/mol. The third kappa shape index (κ3) is 2.45. The molecule has 2 heterocycles. The largest absolute Gasteiger partial charge is 0.362 e. The van der Waals surface area contributed by atoms with E-state index in [1.165, 1.54) is 6.08 Å². The van der Waals surface area contributed by atoms with E-state index in [0.717, 1.165) is 11.0 Å². The SMILES string of the molecule is O=C(/C=C1\n2c(nc3ccccc32)NC1(O)c1ccccc1)c1ccccc1. The number of nitrogens with one attached hydrogen (secondary N) is 1. The Morgan fingerprint density at radius 3 is 2.32 bits per heavy atom. The highest BCUT2D eigenvalue weighted by molar-refractivity contribution is 6.09. The standard InChI is InChI=1S/C23H17N3O2/c27-20(16-9-3-1-4-10-16)15-21-23(28,17-11-5-2-6-12-17)25-22-24-18-13-7-8-14-19(18)26(21)22/h1-15,28H,(H,24,25)/b21-15-. The van der Waals surface area contributed by atoms with Gasteiger partial charge in [-0.05, 0) is 12.1 Å². The molecule has 3 aromatic carbocycles. The van der Waals surface area contributed by atoms with Crippen LogP contribution in [0, 0.1) is 0 Å². The molecule has 4 aromatic rings. The molecule has 2 N–H and O–H groups in total. The molecule has 0 saturated heterocycles. The number of allylic oxidation sites excluding steroid dienone is 1. The number of hydrogen-bond acceptors (Lipinski definition) is 4. The Bertz CT molecular complexity index is 1210. The number of para-hydroxylation sites is 2. The molecule has 0 aliphatic carbocycles. The zero-order valence-corrected chi connectivity index (χ0v) is 14.9. The van der Waals surface area contributed by atoms with Crippen LogP contribution in [0.1, 0.15) is 15.9 Å². The summed E-state index contributed by atoms with van der Waals surface area (Å²) in [6.07, 6.45) is 1.49. The van der Waals surface area contributed by atoms with Gasteiger partial charge in [0.2, 0.25) is 11.7 Å². The summed E-state index contributed by atoms with van der Waals surface area (Å²) in [6, 6.07) is 25.9. The van der Waals surface area contributed by atoms with E-state index >= 15 is 0 Å². The average molecular weight is 367 g/mol. The first kappa shape index (κ1) is 16.5. The molecule has 1 atom stereocenters. The van der Waals surface area contributed by atoms with Crippen LogP contribution in [0.25, 0.3) is 16.7 Å². The van der Waals surface area contributed by atoms with Gasteiger partial charge in [0.05, 0.1) is 16.7 Å². The molecule has 0 amide bonds. The number of imidazole rings is 1. The van der Waals surface area contributed by atoms with Crippen LogP contribution in [0.15, 0.2) is 91.0 Å². The second kappa shape index (κ2) is 6.18. The minimum absolute atomic E-state index is 0.183. The monoisotopic (exact) mass is 367 g/mol. The number of carbonyl (C=O) groups is 1. The molecule has 1 aromatic heterocycles. The minimum Gasteiger partial charge on any atom is -0.362 e. The van der Waals surface area contributed by atoms with Crippen molar-refractivity contribution in [2.45, 2.75) is 5.72 Å². The number of aliphatic hydroxyl groups is 1. The molecular weight excluding hydrogens is 350 g/mol. The zero-order chi connectivity index (χ0) is 19.1. The third-order valence-corrected chi connectivity index (χ3v) is 4.98. The topological polar surface area (TPSA) is 67.2 Å². The fourth-order valence-corrected chi connectivity index (χ4v) is 3.62. The van der Waals surface area contributed by atoms with Crippen molar-refractivity contribution in [2.75, 3.05) is 5.32 Å². The van der Waals surface area contributed by atoms with Crippen molar-refractivity contribution in [1.82, 2.24) is 9.55 Å². The first-order valence-corrected chi connectivity index (χ1v) is 9.02. The number of anilines is 1. The number of fused-ring (bicyclic) bond motifs is 3. The highest BCUT2D eigenvalue weighted by atomic mass is 16.3. The van der Waals surface area contributed by atoms with Gasteiger partial charge in [-0.15, -0.1) is 0 Å². The van der Waals surface area contributed by atoms with E-state index < -0.39 is 5.72 Å². The van der Waals surface area contributed by atoms with Gasteiger partial charge in [0, 0.05) is 17.2 Å².